The zero-order valence-electron chi connectivity index (χ0n) is 11.2. The van der Waals surface area contributed by atoms with Gasteiger partial charge in [0.25, 0.3) is 0 Å². The molecule has 0 aliphatic carbocycles. The number of nitrogens with zero attached hydrogens (tertiary/aromatic N) is 4. The van der Waals surface area contributed by atoms with Crippen LogP contribution in [-0.2, 0) is 13.5 Å². The van der Waals surface area contributed by atoms with Crippen LogP contribution in [0.4, 0.5) is 0 Å². The molecule has 0 aromatic carbocycles. The molecule has 2 N–H and O–H groups in total. The molecule has 0 aliphatic heterocycles. The van der Waals surface area contributed by atoms with Crippen molar-refractivity contribution in [2.45, 2.75) is 26.3 Å². The third kappa shape index (κ3) is 2.24. The van der Waals surface area contributed by atoms with Crippen molar-refractivity contribution < 1.29 is 4.74 Å². The van der Waals surface area contributed by atoms with Crippen molar-refractivity contribution in [1.29, 1.82) is 0 Å². The highest BCUT2D eigenvalue weighted by Crippen LogP contribution is 2.20. The van der Waals surface area contributed by atoms with Crippen molar-refractivity contribution in [3.05, 3.63) is 23.7 Å². The largest absolute Gasteiger partial charge is 0.493 e. The van der Waals surface area contributed by atoms with Gasteiger partial charge in [-0.15, -0.1) is 0 Å². The number of methoxy groups -OCH3 is 1. The van der Waals surface area contributed by atoms with Crippen LogP contribution in [0.15, 0.2) is 12.4 Å². The van der Waals surface area contributed by atoms with Crippen molar-refractivity contribution in [3.63, 3.8) is 0 Å². The van der Waals surface area contributed by atoms with Gasteiger partial charge in [0.15, 0.2) is 11.6 Å². The van der Waals surface area contributed by atoms with Crippen LogP contribution in [0.1, 0.15) is 18.2 Å². The first-order valence-corrected chi connectivity index (χ1v) is 5.90. The minimum Gasteiger partial charge on any atom is -0.493 e. The Morgan fingerprint density at radius 1 is 1.50 bits per heavy atom. The molecule has 0 bridgehead atoms. The normalized spacial score (nSPS) is 12.7. The number of aromatic nitrogens is 4. The minimum atomic E-state index is 0.0871. The SMILES string of the molecule is COc1cnn(-c2c(CC(C)N)c(C)nn2C)c1. The zero-order chi connectivity index (χ0) is 13.3. The Morgan fingerprint density at radius 3 is 2.78 bits per heavy atom. The molecule has 0 aliphatic rings. The molecule has 2 aromatic rings. The number of hydrogen-bond donors (Lipinski definition) is 1. The third-order valence-corrected chi connectivity index (χ3v) is 2.85. The quantitative estimate of drug-likeness (QED) is 0.870. The summed E-state index contributed by atoms with van der Waals surface area (Å²) in [4.78, 5) is 0. The van der Waals surface area contributed by atoms with Crippen molar-refractivity contribution in [3.8, 4) is 11.6 Å². The Bertz CT molecular complexity index is 541. The molecule has 2 rings (SSSR count). The summed E-state index contributed by atoms with van der Waals surface area (Å²) in [6.45, 7) is 3.97. The summed E-state index contributed by atoms with van der Waals surface area (Å²) in [6, 6.07) is 0.0871. The van der Waals surface area contributed by atoms with Gasteiger partial charge >= 0.3 is 0 Å². The van der Waals surface area contributed by atoms with E-state index in [0.717, 1.165) is 29.2 Å². The lowest BCUT2D eigenvalue weighted by Gasteiger charge is -2.08. The fourth-order valence-electron chi connectivity index (χ4n) is 2.06. The van der Waals surface area contributed by atoms with Crippen LogP contribution < -0.4 is 10.5 Å². The van der Waals surface area contributed by atoms with Crippen molar-refractivity contribution in [2.75, 3.05) is 7.11 Å². The van der Waals surface area contributed by atoms with Crippen LogP contribution in [0.2, 0.25) is 0 Å². The minimum absolute atomic E-state index is 0.0871. The smallest absolute Gasteiger partial charge is 0.157 e. The van der Waals surface area contributed by atoms with Gasteiger partial charge in [-0.1, -0.05) is 0 Å². The van der Waals surface area contributed by atoms with Crippen molar-refractivity contribution in [2.24, 2.45) is 12.8 Å². The maximum Gasteiger partial charge on any atom is 0.157 e. The van der Waals surface area contributed by atoms with Crippen molar-refractivity contribution >= 4 is 0 Å². The molecule has 2 aromatic heterocycles. The molecule has 0 saturated heterocycles. The summed E-state index contributed by atoms with van der Waals surface area (Å²) in [5, 5.41) is 8.72. The lowest BCUT2D eigenvalue weighted by molar-refractivity contribution is 0.414. The Labute approximate surface area is 106 Å². The van der Waals surface area contributed by atoms with E-state index in [9.17, 15) is 0 Å². The Balaban J connectivity index is 2.48. The number of hydrogen-bond acceptors (Lipinski definition) is 4. The second-order valence-corrected chi connectivity index (χ2v) is 4.52. The summed E-state index contributed by atoms with van der Waals surface area (Å²) < 4.78 is 8.74. The van der Waals surface area contributed by atoms with E-state index in [4.69, 9.17) is 10.5 Å². The number of ether oxygens (including phenoxy) is 1. The lowest BCUT2D eigenvalue weighted by Crippen LogP contribution is -2.19. The molecule has 6 nitrogen and oxygen atoms in total. The first-order chi connectivity index (χ1) is 8.52. The van der Waals surface area contributed by atoms with Gasteiger partial charge in [-0.3, -0.25) is 4.68 Å². The predicted molar refractivity (Wildman–Crippen MR) is 69.0 cm³/mol. The third-order valence-electron chi connectivity index (χ3n) is 2.85. The number of rotatable bonds is 4. The maximum absolute atomic E-state index is 5.89. The molecule has 0 spiro atoms. The Morgan fingerprint density at radius 2 is 2.22 bits per heavy atom. The fraction of sp³-hybridized carbons (Fsp3) is 0.500. The highest BCUT2D eigenvalue weighted by atomic mass is 16.5. The summed E-state index contributed by atoms with van der Waals surface area (Å²) in [6.07, 6.45) is 4.29. The van der Waals surface area contributed by atoms with Crippen LogP contribution >= 0.6 is 0 Å². The first kappa shape index (κ1) is 12.6. The van der Waals surface area contributed by atoms with Gasteiger partial charge in [-0.05, 0) is 20.3 Å². The summed E-state index contributed by atoms with van der Waals surface area (Å²) in [5.41, 5.74) is 8.00. The Kier molecular flexibility index (Phi) is 3.38. The van der Waals surface area contributed by atoms with Gasteiger partial charge in [0.1, 0.15) is 0 Å². The molecule has 98 valence electrons. The topological polar surface area (TPSA) is 70.9 Å². The van der Waals surface area contributed by atoms with Crippen LogP contribution in [0.25, 0.3) is 5.82 Å². The van der Waals surface area contributed by atoms with E-state index in [1.54, 1.807) is 18.0 Å². The highest BCUT2D eigenvalue weighted by molar-refractivity contribution is 5.39. The van der Waals surface area contributed by atoms with Crippen molar-refractivity contribution in [1.82, 2.24) is 19.6 Å². The summed E-state index contributed by atoms with van der Waals surface area (Å²) in [5.74, 6) is 1.66. The van der Waals surface area contributed by atoms with Gasteiger partial charge in [-0.2, -0.15) is 10.2 Å². The predicted octanol–water partition coefficient (Wildman–Crippen LogP) is 0.813. The monoisotopic (exact) mass is 249 g/mol. The fourth-order valence-corrected chi connectivity index (χ4v) is 2.06. The van der Waals surface area contributed by atoms with Gasteiger partial charge < -0.3 is 10.5 Å². The van der Waals surface area contributed by atoms with E-state index in [1.807, 2.05) is 31.8 Å². The first-order valence-electron chi connectivity index (χ1n) is 5.90. The maximum atomic E-state index is 5.89. The molecule has 1 unspecified atom stereocenters. The zero-order valence-corrected chi connectivity index (χ0v) is 11.2. The number of nitrogens with two attached hydrogens (primary N) is 1. The molecular formula is C12H19N5O. The average molecular weight is 249 g/mol. The van der Waals surface area contributed by atoms with E-state index in [0.29, 0.717) is 0 Å². The summed E-state index contributed by atoms with van der Waals surface area (Å²) in [7, 11) is 3.53. The molecule has 2 heterocycles. The molecule has 18 heavy (non-hydrogen) atoms. The average Bonchev–Trinajstić information content (AvgIpc) is 2.84. The van der Waals surface area contributed by atoms with Crippen LogP contribution in [0.3, 0.4) is 0 Å². The van der Waals surface area contributed by atoms with E-state index in [1.165, 1.54) is 0 Å². The molecule has 0 fully saturated rings. The van der Waals surface area contributed by atoms with Crippen LogP contribution in [0.5, 0.6) is 5.75 Å². The van der Waals surface area contributed by atoms with Gasteiger partial charge in [-0.25, -0.2) is 4.68 Å². The molecule has 6 heteroatoms. The summed E-state index contributed by atoms with van der Waals surface area (Å²) >= 11 is 0. The van der Waals surface area contributed by atoms with E-state index < -0.39 is 0 Å². The van der Waals surface area contributed by atoms with Crippen LogP contribution in [0, 0.1) is 6.92 Å². The highest BCUT2D eigenvalue weighted by Gasteiger charge is 2.17. The van der Waals surface area contributed by atoms with E-state index in [2.05, 4.69) is 10.2 Å². The molecule has 0 saturated carbocycles. The second kappa shape index (κ2) is 4.81. The van der Waals surface area contributed by atoms with Gasteiger partial charge in [0, 0.05) is 18.7 Å². The van der Waals surface area contributed by atoms with E-state index >= 15 is 0 Å². The standard InChI is InChI=1S/C12H19N5O/c1-8(13)5-11-9(2)15-16(3)12(11)17-7-10(18-4)6-14-17/h6-8H,5,13H2,1-4H3. The molecule has 0 radical (unpaired) electrons. The van der Waals surface area contributed by atoms with Gasteiger partial charge in [0.2, 0.25) is 0 Å². The molecule has 0 amide bonds. The Hall–Kier alpha value is -1.82. The lowest BCUT2D eigenvalue weighted by atomic mass is 10.1. The van der Waals surface area contributed by atoms with Gasteiger partial charge in [0.05, 0.1) is 25.2 Å². The van der Waals surface area contributed by atoms with E-state index in [-0.39, 0.29) is 6.04 Å². The second-order valence-electron chi connectivity index (χ2n) is 4.52. The molecular weight excluding hydrogens is 230 g/mol. The van der Waals surface area contributed by atoms with Crippen LogP contribution in [-0.4, -0.2) is 32.7 Å². The number of aryl methyl sites for hydroxylation is 2. The molecule has 1 atom stereocenters.